The maximum Gasteiger partial charge on any atom is 0.343 e. The largest absolute Gasteiger partial charge is 0.490 e. The number of fused-ring (bicyclic) bond motifs is 1. The van der Waals surface area contributed by atoms with Crippen molar-refractivity contribution in [2.24, 2.45) is 0 Å². The molecular weight excluding hydrogens is 422 g/mol. The van der Waals surface area contributed by atoms with Gasteiger partial charge in [-0.2, -0.15) is 0 Å². The molecule has 0 heterocycles. The van der Waals surface area contributed by atoms with Crippen molar-refractivity contribution in [2.45, 2.75) is 33.1 Å². The Bertz CT molecular complexity index is 1130. The molecule has 0 aliphatic rings. The van der Waals surface area contributed by atoms with Crippen LogP contribution in [0.25, 0.3) is 10.8 Å². The van der Waals surface area contributed by atoms with Gasteiger partial charge in [0, 0.05) is 29.4 Å². The van der Waals surface area contributed by atoms with Crippen LogP contribution in [0.2, 0.25) is 0 Å². The van der Waals surface area contributed by atoms with Crippen LogP contribution in [0.1, 0.15) is 43.5 Å². The zero-order valence-corrected chi connectivity index (χ0v) is 19.4. The lowest BCUT2D eigenvalue weighted by Crippen LogP contribution is -2.12. The smallest absolute Gasteiger partial charge is 0.343 e. The highest BCUT2D eigenvalue weighted by Crippen LogP contribution is 2.51. The highest BCUT2D eigenvalue weighted by atomic mass is 16.6. The fraction of sp³-hybridized carbons (Fsp3) is 0.308. The number of carbonyl (C=O) groups excluding carboxylic acids is 2. The van der Waals surface area contributed by atoms with E-state index in [9.17, 15) is 9.59 Å². The molecule has 0 spiro atoms. The lowest BCUT2D eigenvalue weighted by Gasteiger charge is -2.20. The summed E-state index contributed by atoms with van der Waals surface area (Å²) >= 11 is 0. The monoisotopic (exact) mass is 451 g/mol. The first kappa shape index (κ1) is 23.9. The molecule has 3 aromatic carbocycles. The van der Waals surface area contributed by atoms with Crippen molar-refractivity contribution in [1.82, 2.24) is 0 Å². The van der Waals surface area contributed by atoms with Crippen molar-refractivity contribution >= 4 is 28.4 Å². The maximum absolute atomic E-state index is 12.9. The summed E-state index contributed by atoms with van der Waals surface area (Å²) in [6.07, 6.45) is 1.85. The van der Waals surface area contributed by atoms with Gasteiger partial charge in [-0.3, -0.25) is 4.79 Å². The van der Waals surface area contributed by atoms with Crippen LogP contribution in [0.4, 0.5) is 5.69 Å². The summed E-state index contributed by atoms with van der Waals surface area (Å²) in [5.41, 5.74) is 1.23. The molecule has 0 saturated heterocycles. The average molecular weight is 452 g/mol. The van der Waals surface area contributed by atoms with Crippen molar-refractivity contribution < 1.29 is 28.5 Å². The van der Waals surface area contributed by atoms with Crippen LogP contribution < -0.4 is 24.3 Å². The molecule has 1 N–H and O–H groups in total. The van der Waals surface area contributed by atoms with Crippen LogP contribution in [0.15, 0.2) is 48.5 Å². The molecule has 0 bridgehead atoms. The van der Waals surface area contributed by atoms with Crippen molar-refractivity contribution in [3.63, 3.8) is 0 Å². The van der Waals surface area contributed by atoms with E-state index in [1.807, 2.05) is 31.2 Å². The molecule has 3 rings (SSSR count). The summed E-state index contributed by atoms with van der Waals surface area (Å²) in [5, 5.41) is 4.44. The molecule has 0 unspecified atom stereocenters. The lowest BCUT2D eigenvalue weighted by molar-refractivity contribution is -0.134. The Morgan fingerprint density at radius 1 is 0.788 bits per heavy atom. The third-order valence-electron chi connectivity index (χ3n) is 4.99. The fourth-order valence-corrected chi connectivity index (χ4v) is 3.43. The van der Waals surface area contributed by atoms with E-state index in [-0.39, 0.29) is 35.4 Å². The number of anilines is 1. The number of carbonyl (C=O) groups is 2. The number of hydrogen-bond donors (Lipinski definition) is 1. The first-order chi connectivity index (χ1) is 16.0. The van der Waals surface area contributed by atoms with Crippen LogP contribution in [-0.4, -0.2) is 32.7 Å². The highest BCUT2D eigenvalue weighted by Gasteiger charge is 2.27. The summed E-state index contributed by atoms with van der Waals surface area (Å²) in [4.78, 5) is 25.3. The summed E-state index contributed by atoms with van der Waals surface area (Å²) in [6, 6.07) is 14.2. The van der Waals surface area contributed by atoms with Crippen LogP contribution in [0.3, 0.4) is 0 Å². The minimum Gasteiger partial charge on any atom is -0.490 e. The second kappa shape index (κ2) is 11.2. The molecule has 3 aromatic rings. The van der Waals surface area contributed by atoms with Gasteiger partial charge in [0.2, 0.25) is 11.5 Å². The van der Waals surface area contributed by atoms with Crippen LogP contribution in [0, 0.1) is 0 Å². The minimum absolute atomic E-state index is 0.168. The van der Waals surface area contributed by atoms with E-state index in [2.05, 4.69) is 12.2 Å². The molecule has 0 atom stereocenters. The Balaban J connectivity index is 2.23. The topological polar surface area (TPSA) is 83.1 Å². The quantitative estimate of drug-likeness (QED) is 0.317. The number of hydrogen-bond acceptors (Lipinski definition) is 7. The van der Waals surface area contributed by atoms with Crippen molar-refractivity contribution in [3.05, 3.63) is 54.1 Å². The van der Waals surface area contributed by atoms with Gasteiger partial charge in [0.1, 0.15) is 0 Å². The summed E-state index contributed by atoms with van der Waals surface area (Å²) < 4.78 is 22.7. The molecule has 7 heteroatoms. The number of esters is 2. The lowest BCUT2D eigenvalue weighted by atomic mass is 10.1. The van der Waals surface area contributed by atoms with E-state index in [4.69, 9.17) is 18.9 Å². The van der Waals surface area contributed by atoms with Gasteiger partial charge >= 0.3 is 11.9 Å². The van der Waals surface area contributed by atoms with E-state index >= 15 is 0 Å². The van der Waals surface area contributed by atoms with E-state index in [0.717, 1.165) is 18.7 Å². The molecule has 0 aromatic heterocycles. The second-order valence-electron chi connectivity index (χ2n) is 7.39. The molecule has 0 radical (unpaired) electrons. The average Bonchev–Trinajstić information content (AvgIpc) is 2.84. The Hall–Kier alpha value is -3.74. The minimum atomic E-state index is -0.542. The molecule has 0 aliphatic carbocycles. The Morgan fingerprint density at radius 3 is 2.06 bits per heavy atom. The Labute approximate surface area is 193 Å². The number of nitrogens with one attached hydrogen (secondary N) is 1. The van der Waals surface area contributed by atoms with Gasteiger partial charge in [-0.05, 0) is 43.2 Å². The van der Waals surface area contributed by atoms with E-state index in [0.29, 0.717) is 22.8 Å². The zero-order chi connectivity index (χ0) is 23.8. The normalized spacial score (nSPS) is 10.5. The van der Waals surface area contributed by atoms with Gasteiger partial charge in [-0.25, -0.2) is 4.79 Å². The SMILES string of the molecule is CCCNc1ccc2c(OC(=O)CCC)c(OC)c(OC)c(OC(=O)c3ccccc3)c2c1. The van der Waals surface area contributed by atoms with Gasteiger partial charge in [-0.15, -0.1) is 0 Å². The molecule has 0 aliphatic heterocycles. The molecule has 0 saturated carbocycles. The maximum atomic E-state index is 12.9. The Kier molecular flexibility index (Phi) is 8.13. The molecule has 7 nitrogen and oxygen atoms in total. The van der Waals surface area contributed by atoms with Crippen molar-refractivity contribution in [3.8, 4) is 23.0 Å². The van der Waals surface area contributed by atoms with Gasteiger partial charge < -0.3 is 24.3 Å². The predicted molar refractivity (Wildman–Crippen MR) is 128 cm³/mol. The molecule has 0 amide bonds. The second-order valence-corrected chi connectivity index (χ2v) is 7.39. The van der Waals surface area contributed by atoms with Crippen LogP contribution in [0.5, 0.6) is 23.0 Å². The van der Waals surface area contributed by atoms with Crippen LogP contribution >= 0.6 is 0 Å². The highest BCUT2D eigenvalue weighted by molar-refractivity contribution is 6.04. The predicted octanol–water partition coefficient (Wildman–Crippen LogP) is 5.60. The van der Waals surface area contributed by atoms with Crippen LogP contribution in [-0.2, 0) is 4.79 Å². The summed E-state index contributed by atoms with van der Waals surface area (Å²) in [6.45, 7) is 4.74. The molecule has 33 heavy (non-hydrogen) atoms. The van der Waals surface area contributed by atoms with Crippen molar-refractivity contribution in [1.29, 1.82) is 0 Å². The fourth-order valence-electron chi connectivity index (χ4n) is 3.43. The van der Waals surface area contributed by atoms with E-state index < -0.39 is 5.97 Å². The number of ether oxygens (including phenoxy) is 4. The third kappa shape index (κ3) is 5.37. The van der Waals surface area contributed by atoms with E-state index in [1.54, 1.807) is 24.3 Å². The first-order valence-corrected chi connectivity index (χ1v) is 11.0. The zero-order valence-electron chi connectivity index (χ0n) is 19.4. The third-order valence-corrected chi connectivity index (χ3v) is 4.99. The number of benzene rings is 3. The van der Waals surface area contributed by atoms with Gasteiger partial charge in [-0.1, -0.05) is 32.0 Å². The van der Waals surface area contributed by atoms with Gasteiger partial charge in [0.05, 0.1) is 19.8 Å². The molecule has 0 fully saturated rings. The first-order valence-electron chi connectivity index (χ1n) is 11.0. The number of methoxy groups -OCH3 is 2. The van der Waals surface area contributed by atoms with Gasteiger partial charge in [0.15, 0.2) is 11.5 Å². The Morgan fingerprint density at radius 2 is 1.45 bits per heavy atom. The number of rotatable bonds is 10. The molecule has 174 valence electrons. The molecular formula is C26H29NO6. The summed E-state index contributed by atoms with van der Waals surface area (Å²) in [7, 11) is 2.89. The standard InChI is InChI=1S/C26H29NO6/c1-5-10-21(28)32-22-19-14-13-18(27-15-6-2)16-20(19)23(25(31-4)24(22)30-3)33-26(29)17-11-8-7-9-12-17/h7-9,11-14,16,27H,5-6,10,15H2,1-4H3. The van der Waals surface area contributed by atoms with E-state index in [1.165, 1.54) is 14.2 Å². The van der Waals surface area contributed by atoms with Crippen molar-refractivity contribution in [2.75, 3.05) is 26.1 Å². The summed E-state index contributed by atoms with van der Waals surface area (Å²) in [5.74, 6) is -0.167. The van der Waals surface area contributed by atoms with Gasteiger partial charge in [0.25, 0.3) is 0 Å².